The molecule has 0 unspecified atom stereocenters. The Bertz CT molecular complexity index is 1060. The van der Waals surface area contributed by atoms with Crippen LogP contribution in [0.3, 0.4) is 0 Å². The zero-order chi connectivity index (χ0) is 23.0. The van der Waals surface area contributed by atoms with Crippen LogP contribution in [0.15, 0.2) is 47.4 Å². The third kappa shape index (κ3) is 5.27. The predicted molar refractivity (Wildman–Crippen MR) is 111 cm³/mol. The fraction of sp³-hybridized carbons (Fsp3) is 0.409. The fourth-order valence-corrected chi connectivity index (χ4v) is 4.87. The Hall–Kier alpha value is -2.39. The Balaban J connectivity index is 1.78. The molecule has 5 nitrogen and oxygen atoms in total. The van der Waals surface area contributed by atoms with Crippen molar-refractivity contribution >= 4 is 15.9 Å². The minimum Gasteiger partial charge on any atom is -0.338 e. The van der Waals surface area contributed by atoms with Gasteiger partial charge in [-0.3, -0.25) is 4.79 Å². The summed E-state index contributed by atoms with van der Waals surface area (Å²) in [5, 5.41) is 0. The van der Waals surface area contributed by atoms with Crippen LogP contribution in [0.2, 0.25) is 0 Å². The molecule has 0 aromatic heterocycles. The van der Waals surface area contributed by atoms with Gasteiger partial charge in [-0.1, -0.05) is 32.0 Å². The van der Waals surface area contributed by atoms with Crippen LogP contribution in [0.25, 0.3) is 0 Å². The van der Waals surface area contributed by atoms with Gasteiger partial charge in [-0.25, -0.2) is 13.1 Å². The van der Waals surface area contributed by atoms with Gasteiger partial charge in [0.25, 0.3) is 0 Å². The highest BCUT2D eigenvalue weighted by molar-refractivity contribution is 7.89. The van der Waals surface area contributed by atoms with E-state index < -0.39 is 27.8 Å². The third-order valence-corrected chi connectivity index (χ3v) is 6.91. The van der Waals surface area contributed by atoms with Crippen LogP contribution in [-0.4, -0.2) is 25.8 Å². The summed E-state index contributed by atoms with van der Waals surface area (Å²) in [4.78, 5) is 14.1. The van der Waals surface area contributed by atoms with E-state index >= 15 is 0 Å². The fourth-order valence-electron chi connectivity index (χ4n) is 3.58. The van der Waals surface area contributed by atoms with E-state index in [1.54, 1.807) is 24.0 Å². The van der Waals surface area contributed by atoms with E-state index in [0.29, 0.717) is 25.1 Å². The summed E-state index contributed by atoms with van der Waals surface area (Å²) >= 11 is 0. The maximum Gasteiger partial charge on any atom is 0.416 e. The number of carbonyl (C=O) groups excluding carboxylic acids is 1. The number of fused-ring (bicyclic) bond motifs is 1. The van der Waals surface area contributed by atoms with E-state index in [1.165, 1.54) is 18.2 Å². The molecule has 0 fully saturated rings. The lowest BCUT2D eigenvalue weighted by Crippen LogP contribution is -2.38. The molecule has 0 aliphatic carbocycles. The first-order chi connectivity index (χ1) is 14.4. The highest BCUT2D eigenvalue weighted by atomic mass is 32.2. The maximum atomic E-state index is 12.9. The number of rotatable bonds is 5. The van der Waals surface area contributed by atoms with Gasteiger partial charge in [0.05, 0.1) is 10.5 Å². The number of nitrogens with one attached hydrogen (secondary N) is 1. The largest absolute Gasteiger partial charge is 0.416 e. The number of carbonyl (C=O) groups is 1. The van der Waals surface area contributed by atoms with Gasteiger partial charge in [0, 0.05) is 25.0 Å². The lowest BCUT2D eigenvalue weighted by Gasteiger charge is -2.30. The minimum absolute atomic E-state index is 0.0213. The molecular formula is C22H25F3N2O3S. The van der Waals surface area contributed by atoms with Crippen LogP contribution in [0.5, 0.6) is 0 Å². The number of nitrogens with zero attached hydrogens (tertiary/aromatic N) is 1. The Labute approximate surface area is 180 Å². The van der Waals surface area contributed by atoms with Crippen LogP contribution in [-0.2, 0) is 34.0 Å². The van der Waals surface area contributed by atoms with Gasteiger partial charge in [-0.2, -0.15) is 13.2 Å². The van der Waals surface area contributed by atoms with Crippen molar-refractivity contribution in [2.45, 2.75) is 50.9 Å². The predicted octanol–water partition coefficient (Wildman–Crippen LogP) is 4.29. The number of benzene rings is 2. The maximum absolute atomic E-state index is 12.9. The molecule has 3 rings (SSSR count). The van der Waals surface area contributed by atoms with Crippen LogP contribution in [0.4, 0.5) is 13.2 Å². The average molecular weight is 455 g/mol. The zero-order valence-corrected chi connectivity index (χ0v) is 18.3. The molecule has 0 bridgehead atoms. The van der Waals surface area contributed by atoms with Crippen molar-refractivity contribution in [2.75, 3.05) is 6.54 Å². The van der Waals surface area contributed by atoms with Crippen LogP contribution < -0.4 is 4.72 Å². The van der Waals surface area contributed by atoms with E-state index in [2.05, 4.69) is 4.72 Å². The molecule has 2 aromatic carbocycles. The Morgan fingerprint density at radius 3 is 2.26 bits per heavy atom. The van der Waals surface area contributed by atoms with Crippen molar-refractivity contribution in [3.8, 4) is 0 Å². The summed E-state index contributed by atoms with van der Waals surface area (Å²) in [6, 6.07) is 8.50. The van der Waals surface area contributed by atoms with Crippen molar-refractivity contribution in [2.24, 2.45) is 5.92 Å². The SMILES string of the molecule is CC(C)C(=O)N1CCc2ccc(S(=O)(=O)N[C@@H](C)c3ccc(C(F)(F)F)cc3)cc2C1. The van der Waals surface area contributed by atoms with Gasteiger partial charge in [0.15, 0.2) is 0 Å². The zero-order valence-electron chi connectivity index (χ0n) is 17.5. The topological polar surface area (TPSA) is 66.5 Å². The van der Waals surface area contributed by atoms with Crippen LogP contribution >= 0.6 is 0 Å². The molecule has 1 atom stereocenters. The van der Waals surface area contributed by atoms with E-state index in [1.807, 2.05) is 13.8 Å². The molecule has 1 N–H and O–H groups in total. The molecule has 0 spiro atoms. The van der Waals surface area contributed by atoms with Crippen LogP contribution in [0.1, 0.15) is 49.1 Å². The number of hydrogen-bond acceptors (Lipinski definition) is 3. The summed E-state index contributed by atoms with van der Waals surface area (Å²) in [6.07, 6.45) is -3.79. The number of alkyl halides is 3. The van der Waals surface area contributed by atoms with Crippen molar-refractivity contribution < 1.29 is 26.4 Å². The molecular weight excluding hydrogens is 429 g/mol. The molecule has 0 saturated heterocycles. The quantitative estimate of drug-likeness (QED) is 0.733. The molecule has 1 aliphatic rings. The first-order valence-corrected chi connectivity index (χ1v) is 11.5. The molecule has 168 valence electrons. The Morgan fingerprint density at radius 2 is 1.68 bits per heavy atom. The number of halogens is 3. The molecule has 0 radical (unpaired) electrons. The number of sulfonamides is 1. The Morgan fingerprint density at radius 1 is 1.03 bits per heavy atom. The van der Waals surface area contributed by atoms with Crippen molar-refractivity contribution in [1.82, 2.24) is 9.62 Å². The molecule has 31 heavy (non-hydrogen) atoms. The van der Waals surface area contributed by atoms with Gasteiger partial charge >= 0.3 is 6.18 Å². The molecule has 9 heteroatoms. The van der Waals surface area contributed by atoms with Crippen molar-refractivity contribution in [3.63, 3.8) is 0 Å². The normalized spacial score (nSPS) is 15.6. The summed E-state index contributed by atoms with van der Waals surface area (Å²) in [7, 11) is -3.91. The standard InChI is InChI=1S/C22H25F3N2O3S/c1-14(2)21(28)27-11-10-17-6-9-20(12-18(17)13-27)31(29,30)26-15(3)16-4-7-19(8-5-16)22(23,24)25/h4-9,12,14-15,26H,10-11,13H2,1-3H3/t15-/m0/s1. The molecule has 1 amide bonds. The van der Waals surface area contributed by atoms with Gasteiger partial charge in [0.1, 0.15) is 0 Å². The molecule has 2 aromatic rings. The van der Waals surface area contributed by atoms with Crippen molar-refractivity contribution in [3.05, 3.63) is 64.7 Å². The molecule has 1 aliphatic heterocycles. The van der Waals surface area contributed by atoms with E-state index in [4.69, 9.17) is 0 Å². The van der Waals surface area contributed by atoms with Gasteiger partial charge < -0.3 is 4.90 Å². The highest BCUT2D eigenvalue weighted by Crippen LogP contribution is 2.30. The monoisotopic (exact) mass is 454 g/mol. The first kappa shape index (κ1) is 23.3. The first-order valence-electron chi connectivity index (χ1n) is 9.98. The highest BCUT2D eigenvalue weighted by Gasteiger charge is 2.30. The summed E-state index contributed by atoms with van der Waals surface area (Å²) < 4.78 is 66.5. The number of amides is 1. The second-order valence-electron chi connectivity index (χ2n) is 8.06. The number of hydrogen-bond donors (Lipinski definition) is 1. The van der Waals surface area contributed by atoms with E-state index in [-0.39, 0.29) is 16.7 Å². The lowest BCUT2D eigenvalue weighted by molar-refractivity contribution is -0.137. The summed E-state index contributed by atoms with van der Waals surface area (Å²) in [6.45, 7) is 6.17. The van der Waals surface area contributed by atoms with Crippen LogP contribution in [0, 0.1) is 5.92 Å². The molecule has 0 saturated carbocycles. The van der Waals surface area contributed by atoms with Gasteiger partial charge in [-0.05, 0) is 54.3 Å². The second kappa shape index (κ2) is 8.63. The lowest BCUT2D eigenvalue weighted by atomic mass is 9.99. The van der Waals surface area contributed by atoms with Gasteiger partial charge in [0.2, 0.25) is 15.9 Å². The van der Waals surface area contributed by atoms with E-state index in [9.17, 15) is 26.4 Å². The smallest absolute Gasteiger partial charge is 0.338 e. The Kier molecular flexibility index (Phi) is 6.48. The molecule has 1 heterocycles. The average Bonchev–Trinajstić information content (AvgIpc) is 2.71. The van der Waals surface area contributed by atoms with Crippen molar-refractivity contribution in [1.29, 1.82) is 0 Å². The van der Waals surface area contributed by atoms with Gasteiger partial charge in [-0.15, -0.1) is 0 Å². The summed E-state index contributed by atoms with van der Waals surface area (Å²) in [5.74, 6) is -0.118. The van der Waals surface area contributed by atoms with E-state index in [0.717, 1.165) is 23.3 Å². The second-order valence-corrected chi connectivity index (χ2v) is 9.77. The minimum atomic E-state index is -4.45. The summed E-state index contributed by atoms with van der Waals surface area (Å²) in [5.41, 5.74) is 1.41. The third-order valence-electron chi connectivity index (χ3n) is 5.38.